The zero-order chi connectivity index (χ0) is 13.5. The standard InChI is InChI=1S/C12H18N2O4/c1-9(15)3-4-13-8-10-5-11(14(16)17)7-12(6-10)18-2/h5-7,9,13,15H,3-4,8H2,1-2H3. The molecule has 0 radical (unpaired) electrons. The number of aliphatic hydroxyl groups is 1. The van der Waals surface area contributed by atoms with E-state index < -0.39 is 4.92 Å². The Hall–Kier alpha value is -1.66. The number of nitro benzene ring substituents is 1. The lowest BCUT2D eigenvalue weighted by Gasteiger charge is -2.08. The van der Waals surface area contributed by atoms with Gasteiger partial charge >= 0.3 is 0 Å². The largest absolute Gasteiger partial charge is 0.496 e. The monoisotopic (exact) mass is 254 g/mol. The number of ether oxygens (including phenoxy) is 1. The Kier molecular flexibility index (Phi) is 5.54. The minimum atomic E-state index is -0.443. The third-order valence-corrected chi connectivity index (χ3v) is 2.47. The number of methoxy groups -OCH3 is 1. The molecule has 18 heavy (non-hydrogen) atoms. The molecule has 0 amide bonds. The molecule has 0 fully saturated rings. The van der Waals surface area contributed by atoms with Crippen LogP contribution in [0.2, 0.25) is 0 Å². The van der Waals surface area contributed by atoms with Crippen molar-refractivity contribution >= 4 is 5.69 Å². The molecule has 1 aromatic carbocycles. The zero-order valence-corrected chi connectivity index (χ0v) is 10.5. The van der Waals surface area contributed by atoms with Gasteiger partial charge in [-0.25, -0.2) is 0 Å². The van der Waals surface area contributed by atoms with Gasteiger partial charge in [0.05, 0.1) is 24.2 Å². The summed E-state index contributed by atoms with van der Waals surface area (Å²) in [6.45, 7) is 2.88. The molecule has 0 spiro atoms. The fourth-order valence-corrected chi connectivity index (χ4v) is 1.51. The summed E-state index contributed by atoms with van der Waals surface area (Å²) in [5.41, 5.74) is 0.799. The predicted octanol–water partition coefficient (Wildman–Crippen LogP) is 1.46. The van der Waals surface area contributed by atoms with Crippen LogP contribution in [0.4, 0.5) is 5.69 Å². The summed E-state index contributed by atoms with van der Waals surface area (Å²) < 4.78 is 5.02. The van der Waals surface area contributed by atoms with Crippen molar-refractivity contribution in [3.63, 3.8) is 0 Å². The first kappa shape index (κ1) is 14.4. The van der Waals surface area contributed by atoms with Gasteiger partial charge in [-0.05, 0) is 31.5 Å². The molecule has 0 heterocycles. The summed E-state index contributed by atoms with van der Waals surface area (Å²) in [6, 6.07) is 4.65. The fourth-order valence-electron chi connectivity index (χ4n) is 1.51. The van der Waals surface area contributed by atoms with E-state index in [4.69, 9.17) is 9.84 Å². The molecule has 6 heteroatoms. The SMILES string of the molecule is COc1cc(CNCCC(C)O)cc([N+](=O)[O-])c1. The highest BCUT2D eigenvalue weighted by atomic mass is 16.6. The predicted molar refractivity (Wildman–Crippen MR) is 67.7 cm³/mol. The Bertz CT molecular complexity index is 407. The normalized spacial score (nSPS) is 12.2. The number of aliphatic hydroxyl groups excluding tert-OH is 1. The van der Waals surface area contributed by atoms with E-state index >= 15 is 0 Å². The molecule has 6 nitrogen and oxygen atoms in total. The summed E-state index contributed by atoms with van der Waals surface area (Å²) in [6.07, 6.45) is 0.295. The highest BCUT2D eigenvalue weighted by molar-refractivity contribution is 5.42. The van der Waals surface area contributed by atoms with Gasteiger partial charge in [0.15, 0.2) is 0 Å². The summed E-state index contributed by atoms with van der Waals surface area (Å²) in [4.78, 5) is 10.3. The molecule has 2 N–H and O–H groups in total. The average Bonchev–Trinajstić information content (AvgIpc) is 2.34. The fraction of sp³-hybridized carbons (Fsp3) is 0.500. The number of rotatable bonds is 7. The summed E-state index contributed by atoms with van der Waals surface area (Å²) >= 11 is 0. The van der Waals surface area contributed by atoms with Gasteiger partial charge in [-0.1, -0.05) is 0 Å². The average molecular weight is 254 g/mol. The van der Waals surface area contributed by atoms with Crippen LogP contribution < -0.4 is 10.1 Å². The molecular formula is C12H18N2O4. The van der Waals surface area contributed by atoms with Gasteiger partial charge in [-0.3, -0.25) is 10.1 Å². The molecule has 1 aromatic rings. The first-order valence-corrected chi connectivity index (χ1v) is 5.74. The van der Waals surface area contributed by atoms with E-state index in [1.807, 2.05) is 0 Å². The van der Waals surface area contributed by atoms with Crippen molar-refractivity contribution in [2.24, 2.45) is 0 Å². The van der Waals surface area contributed by atoms with Gasteiger partial charge in [-0.2, -0.15) is 0 Å². The molecule has 0 aliphatic rings. The number of non-ortho nitro benzene ring substituents is 1. The lowest BCUT2D eigenvalue weighted by molar-refractivity contribution is -0.385. The van der Waals surface area contributed by atoms with Gasteiger partial charge in [-0.15, -0.1) is 0 Å². The topological polar surface area (TPSA) is 84.6 Å². The maximum atomic E-state index is 10.7. The first-order chi connectivity index (χ1) is 8.52. The summed E-state index contributed by atoms with van der Waals surface area (Å²) in [7, 11) is 1.48. The Morgan fingerprint density at radius 2 is 2.22 bits per heavy atom. The molecule has 1 atom stereocenters. The molecule has 0 bridgehead atoms. The minimum absolute atomic E-state index is 0.0154. The van der Waals surface area contributed by atoms with E-state index in [9.17, 15) is 10.1 Å². The molecular weight excluding hydrogens is 236 g/mol. The van der Waals surface area contributed by atoms with Crippen LogP contribution in [0.15, 0.2) is 18.2 Å². The zero-order valence-electron chi connectivity index (χ0n) is 10.5. The minimum Gasteiger partial charge on any atom is -0.496 e. The highest BCUT2D eigenvalue weighted by Gasteiger charge is 2.09. The molecule has 0 saturated carbocycles. The summed E-state index contributed by atoms with van der Waals surface area (Å²) in [5, 5.41) is 22.9. The Morgan fingerprint density at radius 1 is 1.50 bits per heavy atom. The van der Waals surface area contributed by atoms with E-state index in [0.717, 1.165) is 5.56 Å². The van der Waals surface area contributed by atoms with E-state index in [-0.39, 0.29) is 11.8 Å². The van der Waals surface area contributed by atoms with Crippen molar-refractivity contribution in [1.82, 2.24) is 5.32 Å². The van der Waals surface area contributed by atoms with E-state index in [1.54, 1.807) is 13.0 Å². The molecule has 0 aromatic heterocycles. The lowest BCUT2D eigenvalue weighted by Crippen LogP contribution is -2.18. The molecule has 0 saturated heterocycles. The van der Waals surface area contributed by atoms with Crippen LogP contribution in [-0.4, -0.2) is 29.8 Å². The maximum Gasteiger partial charge on any atom is 0.273 e. The van der Waals surface area contributed by atoms with Gasteiger partial charge < -0.3 is 15.2 Å². The molecule has 0 aliphatic heterocycles. The molecule has 1 unspecified atom stereocenters. The Labute approximate surface area is 106 Å². The number of nitrogens with one attached hydrogen (secondary N) is 1. The van der Waals surface area contributed by atoms with Crippen LogP contribution >= 0.6 is 0 Å². The Balaban J connectivity index is 2.64. The number of benzene rings is 1. The molecule has 100 valence electrons. The van der Waals surface area contributed by atoms with Crippen molar-refractivity contribution in [3.05, 3.63) is 33.9 Å². The highest BCUT2D eigenvalue weighted by Crippen LogP contribution is 2.22. The van der Waals surface area contributed by atoms with Crippen LogP contribution in [0.5, 0.6) is 5.75 Å². The third kappa shape index (κ3) is 4.68. The van der Waals surface area contributed by atoms with Crippen molar-refractivity contribution in [3.8, 4) is 5.75 Å². The second kappa shape index (κ2) is 6.93. The van der Waals surface area contributed by atoms with Gasteiger partial charge in [0.2, 0.25) is 0 Å². The number of nitro groups is 1. The van der Waals surface area contributed by atoms with Crippen LogP contribution in [0.1, 0.15) is 18.9 Å². The van der Waals surface area contributed by atoms with Crippen LogP contribution in [-0.2, 0) is 6.54 Å². The number of hydrogen-bond acceptors (Lipinski definition) is 5. The quantitative estimate of drug-likeness (QED) is 0.437. The smallest absolute Gasteiger partial charge is 0.273 e. The van der Waals surface area contributed by atoms with E-state index in [1.165, 1.54) is 19.2 Å². The van der Waals surface area contributed by atoms with Gasteiger partial charge in [0, 0.05) is 12.6 Å². The first-order valence-electron chi connectivity index (χ1n) is 5.74. The lowest BCUT2D eigenvalue weighted by atomic mass is 10.2. The second-order valence-electron chi connectivity index (χ2n) is 4.11. The van der Waals surface area contributed by atoms with Crippen LogP contribution in [0, 0.1) is 10.1 Å². The Morgan fingerprint density at radius 3 is 2.78 bits per heavy atom. The summed E-state index contributed by atoms with van der Waals surface area (Å²) in [5.74, 6) is 0.469. The second-order valence-corrected chi connectivity index (χ2v) is 4.11. The maximum absolute atomic E-state index is 10.7. The molecule has 0 aliphatic carbocycles. The van der Waals surface area contributed by atoms with Crippen LogP contribution in [0.3, 0.4) is 0 Å². The van der Waals surface area contributed by atoms with Crippen molar-refractivity contribution < 1.29 is 14.8 Å². The molecule has 1 rings (SSSR count). The third-order valence-electron chi connectivity index (χ3n) is 2.47. The van der Waals surface area contributed by atoms with Crippen molar-refractivity contribution in [1.29, 1.82) is 0 Å². The number of hydrogen-bond donors (Lipinski definition) is 2. The number of nitrogens with zero attached hydrogens (tertiary/aromatic N) is 1. The van der Waals surface area contributed by atoms with E-state index in [2.05, 4.69) is 5.32 Å². The van der Waals surface area contributed by atoms with Crippen molar-refractivity contribution in [2.45, 2.75) is 26.0 Å². The van der Waals surface area contributed by atoms with Gasteiger partial charge in [0.1, 0.15) is 5.75 Å². The van der Waals surface area contributed by atoms with Gasteiger partial charge in [0.25, 0.3) is 5.69 Å². The van der Waals surface area contributed by atoms with Crippen LogP contribution in [0.25, 0.3) is 0 Å². The van der Waals surface area contributed by atoms with Crippen molar-refractivity contribution in [2.75, 3.05) is 13.7 Å². The van der Waals surface area contributed by atoms with E-state index in [0.29, 0.717) is 25.3 Å².